The van der Waals surface area contributed by atoms with E-state index in [1.165, 1.54) is 0 Å². The lowest BCUT2D eigenvalue weighted by molar-refractivity contribution is 1.06. The lowest BCUT2D eigenvalue weighted by Crippen LogP contribution is -1.72. The Morgan fingerprint density at radius 1 is 1.38 bits per heavy atom. The third-order valence-electron chi connectivity index (χ3n) is 1.46. The summed E-state index contributed by atoms with van der Waals surface area (Å²) in [6.07, 6.45) is 7.97. The van der Waals surface area contributed by atoms with Crippen LogP contribution in [0.3, 0.4) is 0 Å². The lowest BCUT2D eigenvalue weighted by atomic mass is 10.3. The molecule has 2 heteroatoms. The largest absolute Gasteiger partial charge is 0.250 e. The van der Waals surface area contributed by atoms with Crippen LogP contribution >= 0.6 is 11.8 Å². The van der Waals surface area contributed by atoms with Crippen molar-refractivity contribution in [2.24, 2.45) is 0 Å². The highest BCUT2D eigenvalue weighted by Crippen LogP contribution is 2.15. The van der Waals surface area contributed by atoms with Gasteiger partial charge in [-0.1, -0.05) is 30.0 Å². The molecule has 0 aliphatic rings. The second-order valence-electron chi connectivity index (χ2n) is 2.52. The predicted octanol–water partition coefficient (Wildman–Crippen LogP) is 3.65. The molecule has 1 aromatic rings. The summed E-state index contributed by atoms with van der Waals surface area (Å²) in [6, 6.07) is 5.92. The zero-order valence-electron chi connectivity index (χ0n) is 7.52. The van der Waals surface area contributed by atoms with Crippen molar-refractivity contribution in [3.63, 3.8) is 0 Å². The number of rotatable bonds is 5. The van der Waals surface area contributed by atoms with Crippen molar-refractivity contribution in [2.75, 3.05) is 0 Å². The number of hydrogen-bond acceptors (Lipinski definition) is 2. The highest BCUT2D eigenvalue weighted by atomic mass is 32.2. The second kappa shape index (κ2) is 6.49. The number of hydrogen-bond donors (Lipinski definition) is 0. The fraction of sp³-hybridized carbons (Fsp3) is 0.182. The maximum Gasteiger partial charge on any atom is 0.100 e. The first-order valence-electron chi connectivity index (χ1n) is 4.27. The van der Waals surface area contributed by atoms with Gasteiger partial charge in [-0.25, -0.2) is 4.98 Å². The molecule has 1 rings (SSSR count). The highest BCUT2D eigenvalue weighted by molar-refractivity contribution is 8.02. The molecule has 0 saturated carbocycles. The summed E-state index contributed by atoms with van der Waals surface area (Å²) in [5.74, 6) is 0. The SMILES string of the molecule is C=CCC/C=C/Sc1ccccn1. The van der Waals surface area contributed by atoms with E-state index in [9.17, 15) is 0 Å². The molecule has 0 bridgehead atoms. The van der Waals surface area contributed by atoms with Crippen LogP contribution in [-0.4, -0.2) is 4.98 Å². The standard InChI is InChI=1S/C11H13NS/c1-2-3-4-7-10-13-11-8-5-6-9-12-11/h2,5-10H,1,3-4H2/b10-7+. The van der Waals surface area contributed by atoms with Gasteiger partial charge in [0, 0.05) is 6.20 Å². The van der Waals surface area contributed by atoms with Crippen LogP contribution in [0, 0.1) is 0 Å². The van der Waals surface area contributed by atoms with E-state index in [4.69, 9.17) is 0 Å². The molecule has 0 N–H and O–H groups in total. The van der Waals surface area contributed by atoms with Crippen molar-refractivity contribution < 1.29 is 0 Å². The van der Waals surface area contributed by atoms with Crippen LogP contribution in [0.5, 0.6) is 0 Å². The van der Waals surface area contributed by atoms with Crippen molar-refractivity contribution in [1.29, 1.82) is 0 Å². The van der Waals surface area contributed by atoms with E-state index in [0.29, 0.717) is 0 Å². The normalized spacial score (nSPS) is 10.5. The zero-order valence-corrected chi connectivity index (χ0v) is 8.33. The molecular weight excluding hydrogens is 178 g/mol. The first kappa shape index (κ1) is 10.1. The smallest absolute Gasteiger partial charge is 0.100 e. The van der Waals surface area contributed by atoms with E-state index in [1.807, 2.05) is 24.3 Å². The Morgan fingerprint density at radius 3 is 3.00 bits per heavy atom. The molecule has 0 aromatic carbocycles. The van der Waals surface area contributed by atoms with E-state index in [1.54, 1.807) is 18.0 Å². The number of thioether (sulfide) groups is 1. The zero-order chi connectivity index (χ0) is 9.36. The molecule has 0 unspecified atom stereocenters. The molecule has 0 aliphatic heterocycles. The lowest BCUT2D eigenvalue weighted by Gasteiger charge is -1.92. The fourth-order valence-corrected chi connectivity index (χ4v) is 1.47. The van der Waals surface area contributed by atoms with Crippen LogP contribution in [0.1, 0.15) is 12.8 Å². The average Bonchev–Trinajstić information content (AvgIpc) is 2.19. The molecule has 0 spiro atoms. The van der Waals surface area contributed by atoms with E-state index in [0.717, 1.165) is 17.9 Å². The van der Waals surface area contributed by atoms with Gasteiger partial charge in [0.25, 0.3) is 0 Å². The van der Waals surface area contributed by atoms with Crippen LogP contribution < -0.4 is 0 Å². The quantitative estimate of drug-likeness (QED) is 0.400. The summed E-state index contributed by atoms with van der Waals surface area (Å²) in [6.45, 7) is 3.66. The Hall–Kier alpha value is -1.02. The molecule has 1 aromatic heterocycles. The highest BCUT2D eigenvalue weighted by Gasteiger charge is 1.86. The Kier molecular flexibility index (Phi) is 5.02. The van der Waals surface area contributed by atoms with Gasteiger partial charge in [0.2, 0.25) is 0 Å². The van der Waals surface area contributed by atoms with Crippen LogP contribution in [0.25, 0.3) is 0 Å². The van der Waals surface area contributed by atoms with Crippen LogP contribution in [0.4, 0.5) is 0 Å². The molecule has 68 valence electrons. The summed E-state index contributed by atoms with van der Waals surface area (Å²) in [4.78, 5) is 4.19. The number of aromatic nitrogens is 1. The third kappa shape index (κ3) is 4.53. The number of nitrogens with zero attached hydrogens (tertiary/aromatic N) is 1. The minimum atomic E-state index is 1.04. The monoisotopic (exact) mass is 191 g/mol. The molecular formula is C11H13NS. The Morgan fingerprint density at radius 2 is 2.31 bits per heavy atom. The Bertz CT molecular complexity index is 267. The van der Waals surface area contributed by atoms with Crippen LogP contribution in [0.2, 0.25) is 0 Å². The van der Waals surface area contributed by atoms with Crippen LogP contribution in [0.15, 0.2) is 53.6 Å². The first-order valence-corrected chi connectivity index (χ1v) is 5.15. The van der Waals surface area contributed by atoms with Gasteiger partial charge < -0.3 is 0 Å². The van der Waals surface area contributed by atoms with E-state index < -0.39 is 0 Å². The van der Waals surface area contributed by atoms with Crippen molar-refractivity contribution in [3.05, 3.63) is 48.5 Å². The maximum absolute atomic E-state index is 4.19. The van der Waals surface area contributed by atoms with Gasteiger partial charge in [0.15, 0.2) is 0 Å². The summed E-state index contributed by atoms with van der Waals surface area (Å²) in [7, 11) is 0. The number of allylic oxidation sites excluding steroid dienone is 2. The molecule has 0 saturated heterocycles. The maximum atomic E-state index is 4.19. The minimum absolute atomic E-state index is 1.04. The molecule has 0 amide bonds. The molecule has 0 aliphatic carbocycles. The molecule has 13 heavy (non-hydrogen) atoms. The van der Waals surface area contributed by atoms with E-state index in [2.05, 4.69) is 23.0 Å². The molecule has 1 nitrogen and oxygen atoms in total. The van der Waals surface area contributed by atoms with Crippen molar-refractivity contribution in [3.8, 4) is 0 Å². The Balaban J connectivity index is 2.26. The third-order valence-corrected chi connectivity index (χ3v) is 2.27. The van der Waals surface area contributed by atoms with E-state index in [-0.39, 0.29) is 0 Å². The number of unbranched alkanes of at least 4 members (excludes halogenated alkanes) is 1. The molecule has 0 atom stereocenters. The van der Waals surface area contributed by atoms with Gasteiger partial charge >= 0.3 is 0 Å². The average molecular weight is 191 g/mol. The summed E-state index contributed by atoms with van der Waals surface area (Å²) < 4.78 is 0. The van der Waals surface area contributed by atoms with E-state index >= 15 is 0 Å². The van der Waals surface area contributed by atoms with Crippen LogP contribution in [-0.2, 0) is 0 Å². The topological polar surface area (TPSA) is 12.9 Å². The second-order valence-corrected chi connectivity index (χ2v) is 3.45. The van der Waals surface area contributed by atoms with Gasteiger partial charge in [-0.2, -0.15) is 0 Å². The number of pyridine rings is 1. The van der Waals surface area contributed by atoms with Crippen molar-refractivity contribution in [2.45, 2.75) is 17.9 Å². The minimum Gasteiger partial charge on any atom is -0.250 e. The summed E-state index contributed by atoms with van der Waals surface area (Å²) in [5, 5.41) is 3.11. The van der Waals surface area contributed by atoms with Gasteiger partial charge in [-0.15, -0.1) is 6.58 Å². The summed E-state index contributed by atoms with van der Waals surface area (Å²) >= 11 is 1.64. The van der Waals surface area contributed by atoms with Gasteiger partial charge in [0.05, 0.1) is 0 Å². The van der Waals surface area contributed by atoms with Crippen molar-refractivity contribution >= 4 is 11.8 Å². The van der Waals surface area contributed by atoms with Gasteiger partial charge in [0.1, 0.15) is 5.03 Å². The molecule has 1 heterocycles. The fourth-order valence-electron chi connectivity index (χ4n) is 0.817. The first-order chi connectivity index (χ1) is 6.43. The van der Waals surface area contributed by atoms with Gasteiger partial charge in [-0.05, 0) is 30.4 Å². The Labute approximate surface area is 83.6 Å². The molecule has 0 radical (unpaired) electrons. The molecule has 0 fully saturated rings. The van der Waals surface area contributed by atoms with Gasteiger partial charge in [-0.3, -0.25) is 0 Å². The predicted molar refractivity (Wildman–Crippen MR) is 58.7 cm³/mol. The van der Waals surface area contributed by atoms with Crippen molar-refractivity contribution in [1.82, 2.24) is 4.98 Å². The summed E-state index contributed by atoms with van der Waals surface area (Å²) in [5.41, 5.74) is 0.